The van der Waals surface area contributed by atoms with Gasteiger partial charge in [0.25, 0.3) is 11.5 Å². The lowest BCUT2D eigenvalue weighted by Gasteiger charge is -2.21. The van der Waals surface area contributed by atoms with Crippen molar-refractivity contribution in [2.75, 3.05) is 0 Å². The highest BCUT2D eigenvalue weighted by Crippen LogP contribution is 2.36. The van der Waals surface area contributed by atoms with Crippen molar-refractivity contribution >= 4 is 31.7 Å². The second kappa shape index (κ2) is 9.79. The van der Waals surface area contributed by atoms with Crippen LogP contribution in [0.5, 0.6) is 0 Å². The minimum absolute atomic E-state index is 0.0431. The second-order valence-corrected chi connectivity index (χ2v) is 12.3. The number of sulfone groups is 1. The molecule has 2 aromatic carbocycles. The molecule has 7 nitrogen and oxygen atoms in total. The Balaban J connectivity index is 1.67. The predicted molar refractivity (Wildman–Crippen MR) is 146 cm³/mol. The third-order valence-corrected chi connectivity index (χ3v) is 8.72. The summed E-state index contributed by atoms with van der Waals surface area (Å²) >= 11 is 3.46. The second-order valence-electron chi connectivity index (χ2n) is 9.42. The number of fused-ring (bicyclic) bond motifs is 3. The molecule has 0 bridgehead atoms. The topological polar surface area (TPSA) is 101 Å². The van der Waals surface area contributed by atoms with Crippen LogP contribution in [0.25, 0.3) is 11.4 Å². The Morgan fingerprint density at radius 3 is 2.38 bits per heavy atom. The number of nitrogens with one attached hydrogen (secondary N) is 2. The van der Waals surface area contributed by atoms with Gasteiger partial charge in [-0.3, -0.25) is 9.59 Å². The first kappa shape index (κ1) is 25.2. The van der Waals surface area contributed by atoms with Crippen LogP contribution in [0.1, 0.15) is 41.0 Å². The molecule has 0 saturated heterocycles. The maximum absolute atomic E-state index is 13.2. The fraction of sp³-hybridized carbons (Fsp3) is 0.214. The summed E-state index contributed by atoms with van der Waals surface area (Å²) < 4.78 is 29.3. The van der Waals surface area contributed by atoms with Crippen LogP contribution in [0.2, 0.25) is 0 Å². The van der Waals surface area contributed by atoms with Crippen LogP contribution in [-0.2, 0) is 29.2 Å². The molecule has 0 atom stereocenters. The van der Waals surface area contributed by atoms with Crippen molar-refractivity contribution in [2.45, 2.75) is 49.1 Å². The molecule has 0 unspecified atom stereocenters. The van der Waals surface area contributed by atoms with E-state index in [1.165, 1.54) is 18.2 Å². The first-order chi connectivity index (χ1) is 17.6. The molecule has 1 amide bonds. The van der Waals surface area contributed by atoms with Gasteiger partial charge in [-0.15, -0.1) is 0 Å². The Morgan fingerprint density at radius 2 is 1.70 bits per heavy atom. The quantitative estimate of drug-likeness (QED) is 0.345. The van der Waals surface area contributed by atoms with Gasteiger partial charge in [0, 0.05) is 17.1 Å². The van der Waals surface area contributed by atoms with Crippen LogP contribution in [0, 0.1) is 0 Å². The number of carbonyl (C=O) groups is 1. The van der Waals surface area contributed by atoms with Crippen molar-refractivity contribution in [1.29, 1.82) is 0 Å². The first-order valence-electron chi connectivity index (χ1n) is 12.0. The molecule has 2 heterocycles. The van der Waals surface area contributed by atoms with Crippen molar-refractivity contribution < 1.29 is 13.2 Å². The Bertz CT molecular complexity index is 1650. The molecule has 4 aromatic rings. The van der Waals surface area contributed by atoms with Gasteiger partial charge in [0.2, 0.25) is 9.84 Å². The van der Waals surface area contributed by atoms with E-state index in [1.54, 1.807) is 18.2 Å². The standard InChI is InChI=1S/C28H26BrN3O4S/c1-17(2)30-27(33)23-14-20-11-10-19-15-24(37(35,36)22-6-4-3-5-7-22)28(34)31-25(19)26(20)32(23)16-18-8-12-21(29)13-9-18/h3-9,12-15,17H,10-11,16H2,1-2H3,(H,30,33)(H,31,34). The van der Waals surface area contributed by atoms with E-state index in [1.807, 2.05) is 48.7 Å². The normalized spacial score (nSPS) is 12.8. The maximum atomic E-state index is 13.2. The average molecular weight is 581 g/mol. The van der Waals surface area contributed by atoms with Gasteiger partial charge in [-0.05, 0) is 79.8 Å². The van der Waals surface area contributed by atoms with Gasteiger partial charge >= 0.3 is 0 Å². The number of nitrogens with zero attached hydrogens (tertiary/aromatic N) is 1. The van der Waals surface area contributed by atoms with Crippen molar-refractivity contribution in [3.8, 4) is 11.4 Å². The fourth-order valence-electron chi connectivity index (χ4n) is 4.71. The van der Waals surface area contributed by atoms with Crippen LogP contribution in [0.15, 0.2) is 85.8 Å². The lowest BCUT2D eigenvalue weighted by Crippen LogP contribution is -2.32. The van der Waals surface area contributed by atoms with E-state index in [-0.39, 0.29) is 21.7 Å². The van der Waals surface area contributed by atoms with E-state index >= 15 is 0 Å². The van der Waals surface area contributed by atoms with Gasteiger partial charge in [0.1, 0.15) is 10.6 Å². The summed E-state index contributed by atoms with van der Waals surface area (Å²) in [4.78, 5) is 29.0. The summed E-state index contributed by atoms with van der Waals surface area (Å²) in [6.45, 7) is 4.22. The van der Waals surface area contributed by atoms with E-state index in [0.717, 1.165) is 26.9 Å². The number of aromatic amines is 1. The van der Waals surface area contributed by atoms with Gasteiger partial charge < -0.3 is 14.9 Å². The summed E-state index contributed by atoms with van der Waals surface area (Å²) in [6.07, 6.45) is 1.17. The molecule has 0 saturated carbocycles. The van der Waals surface area contributed by atoms with Crippen LogP contribution in [0.3, 0.4) is 0 Å². The largest absolute Gasteiger partial charge is 0.349 e. The molecule has 1 aliphatic rings. The molecular formula is C28H26BrN3O4S. The number of hydrogen-bond acceptors (Lipinski definition) is 4. The molecule has 5 rings (SSSR count). The highest BCUT2D eigenvalue weighted by molar-refractivity contribution is 9.10. The van der Waals surface area contributed by atoms with Crippen LogP contribution in [-0.4, -0.2) is 29.9 Å². The lowest BCUT2D eigenvalue weighted by molar-refractivity contribution is 0.0934. The maximum Gasteiger partial charge on any atom is 0.268 e. The molecule has 0 fully saturated rings. The molecule has 2 aromatic heterocycles. The minimum Gasteiger partial charge on any atom is -0.349 e. The zero-order valence-electron chi connectivity index (χ0n) is 20.4. The van der Waals surface area contributed by atoms with E-state index in [0.29, 0.717) is 30.8 Å². The average Bonchev–Trinajstić information content (AvgIpc) is 3.24. The van der Waals surface area contributed by atoms with Gasteiger partial charge in [-0.2, -0.15) is 0 Å². The van der Waals surface area contributed by atoms with Crippen LogP contribution < -0.4 is 10.9 Å². The zero-order valence-corrected chi connectivity index (χ0v) is 22.8. The molecule has 37 heavy (non-hydrogen) atoms. The highest BCUT2D eigenvalue weighted by atomic mass is 79.9. The number of aryl methyl sites for hydroxylation is 2. The number of carbonyl (C=O) groups excluding carboxylic acids is 1. The highest BCUT2D eigenvalue weighted by Gasteiger charge is 2.30. The van der Waals surface area contributed by atoms with Crippen molar-refractivity contribution in [3.05, 3.63) is 104 Å². The fourth-order valence-corrected chi connectivity index (χ4v) is 6.33. The molecule has 1 aliphatic carbocycles. The summed E-state index contributed by atoms with van der Waals surface area (Å²) in [5, 5.41) is 2.97. The SMILES string of the molecule is CC(C)NC(=O)c1cc2c(n1Cc1ccc(Br)cc1)-c1[nH]c(=O)c(S(=O)(=O)c3ccccc3)cc1CC2. The molecule has 9 heteroatoms. The molecule has 0 aliphatic heterocycles. The third-order valence-electron chi connectivity index (χ3n) is 6.41. The van der Waals surface area contributed by atoms with Crippen molar-refractivity contribution in [1.82, 2.24) is 14.9 Å². The Hall–Kier alpha value is -3.43. The van der Waals surface area contributed by atoms with Crippen LogP contribution >= 0.6 is 15.9 Å². The monoisotopic (exact) mass is 579 g/mol. The number of pyridine rings is 1. The molecule has 190 valence electrons. The number of amides is 1. The summed E-state index contributed by atoms with van der Waals surface area (Å²) in [5.74, 6) is -0.200. The first-order valence-corrected chi connectivity index (χ1v) is 14.3. The summed E-state index contributed by atoms with van der Waals surface area (Å²) in [7, 11) is -3.98. The number of halogens is 1. The molecule has 2 N–H and O–H groups in total. The summed E-state index contributed by atoms with van der Waals surface area (Å²) in [5.41, 5.74) is 3.76. The third kappa shape index (κ3) is 4.81. The van der Waals surface area contributed by atoms with Crippen molar-refractivity contribution in [2.24, 2.45) is 0 Å². The Morgan fingerprint density at radius 1 is 1.03 bits per heavy atom. The number of H-pyrrole nitrogens is 1. The Kier molecular flexibility index (Phi) is 6.68. The van der Waals surface area contributed by atoms with E-state index in [2.05, 4.69) is 26.2 Å². The number of benzene rings is 2. The number of hydrogen-bond donors (Lipinski definition) is 2. The molecule has 0 spiro atoms. The van der Waals surface area contributed by atoms with Gasteiger partial charge in [-0.25, -0.2) is 8.42 Å². The number of aromatic nitrogens is 2. The van der Waals surface area contributed by atoms with Gasteiger partial charge in [0.05, 0.1) is 16.3 Å². The summed E-state index contributed by atoms with van der Waals surface area (Å²) in [6, 6.07) is 19.1. The Labute approximate surface area is 223 Å². The van der Waals surface area contributed by atoms with Gasteiger partial charge in [-0.1, -0.05) is 46.3 Å². The van der Waals surface area contributed by atoms with Crippen LogP contribution in [0.4, 0.5) is 0 Å². The van der Waals surface area contributed by atoms with Gasteiger partial charge in [0.15, 0.2) is 0 Å². The van der Waals surface area contributed by atoms with E-state index < -0.39 is 15.4 Å². The van der Waals surface area contributed by atoms with E-state index in [4.69, 9.17) is 0 Å². The lowest BCUT2D eigenvalue weighted by atomic mass is 9.94. The predicted octanol–water partition coefficient (Wildman–Crippen LogP) is 4.72. The minimum atomic E-state index is -3.98. The van der Waals surface area contributed by atoms with E-state index in [9.17, 15) is 18.0 Å². The molecular weight excluding hydrogens is 554 g/mol. The van der Waals surface area contributed by atoms with Crippen molar-refractivity contribution in [3.63, 3.8) is 0 Å². The number of rotatable bonds is 6. The smallest absolute Gasteiger partial charge is 0.268 e. The molecule has 0 radical (unpaired) electrons. The zero-order chi connectivity index (χ0) is 26.3.